The zero-order valence-electron chi connectivity index (χ0n) is 19.3. The van der Waals surface area contributed by atoms with Gasteiger partial charge in [0.15, 0.2) is 0 Å². The number of anilines is 1. The first kappa shape index (κ1) is 23.9. The van der Waals surface area contributed by atoms with Crippen molar-refractivity contribution in [3.05, 3.63) is 24.0 Å². The Morgan fingerprint density at radius 1 is 1.06 bits per heavy atom. The number of aliphatic hydroxyl groups excluding tert-OH is 2. The Morgan fingerprint density at radius 3 is 2.45 bits per heavy atom. The Labute approximate surface area is 193 Å². The number of amides is 2. The third-order valence-corrected chi connectivity index (χ3v) is 6.85. The van der Waals surface area contributed by atoms with Gasteiger partial charge in [-0.25, -0.2) is 4.39 Å². The zero-order chi connectivity index (χ0) is 23.7. The summed E-state index contributed by atoms with van der Waals surface area (Å²) >= 11 is 0. The number of rotatable bonds is 7. The second-order valence-electron chi connectivity index (χ2n) is 9.69. The Bertz CT molecular complexity index is 874. The quantitative estimate of drug-likeness (QED) is 0.588. The van der Waals surface area contributed by atoms with Crippen molar-refractivity contribution in [1.82, 2.24) is 9.80 Å². The van der Waals surface area contributed by atoms with Crippen molar-refractivity contribution in [2.75, 3.05) is 44.2 Å². The number of nitrogens with zero attached hydrogens (tertiary/aromatic N) is 3. The van der Waals surface area contributed by atoms with Crippen molar-refractivity contribution in [3.63, 3.8) is 0 Å². The van der Waals surface area contributed by atoms with Gasteiger partial charge in [0.05, 0.1) is 42.4 Å². The number of likely N-dealkylation sites (tertiary alicyclic amines) is 1. The van der Waals surface area contributed by atoms with Crippen molar-refractivity contribution < 1.29 is 28.9 Å². The molecular weight excluding hydrogens is 429 g/mol. The summed E-state index contributed by atoms with van der Waals surface area (Å²) in [6.45, 7) is 6.81. The summed E-state index contributed by atoms with van der Waals surface area (Å²) in [6.07, 6.45) is -0.0123. The molecule has 3 fully saturated rings. The van der Waals surface area contributed by atoms with Gasteiger partial charge in [0, 0.05) is 38.8 Å². The second kappa shape index (κ2) is 9.95. The van der Waals surface area contributed by atoms with E-state index in [9.17, 15) is 24.2 Å². The molecule has 0 bridgehead atoms. The molecule has 4 atom stereocenters. The molecule has 182 valence electrons. The average Bonchev–Trinajstić information content (AvgIpc) is 2.99. The SMILES string of the molecule is CC(C)Oc1ccc(F)cc1N1CCN(CC(O)CN2C(=O)C3CCC(O)CC3C2=O)CC1. The molecule has 4 rings (SSSR count). The van der Waals surface area contributed by atoms with Crippen molar-refractivity contribution in [2.24, 2.45) is 11.8 Å². The van der Waals surface area contributed by atoms with Crippen LogP contribution < -0.4 is 9.64 Å². The van der Waals surface area contributed by atoms with Crippen LogP contribution in [0.25, 0.3) is 0 Å². The minimum atomic E-state index is -0.844. The van der Waals surface area contributed by atoms with Crippen LogP contribution in [0.2, 0.25) is 0 Å². The van der Waals surface area contributed by atoms with Crippen LogP contribution in [0.3, 0.4) is 0 Å². The van der Waals surface area contributed by atoms with Gasteiger partial charge in [-0.3, -0.25) is 19.4 Å². The molecule has 0 radical (unpaired) electrons. The number of carbonyl (C=O) groups excluding carboxylic acids is 2. The van der Waals surface area contributed by atoms with E-state index < -0.39 is 18.1 Å². The molecule has 1 aromatic rings. The van der Waals surface area contributed by atoms with Crippen LogP contribution in [0.1, 0.15) is 33.1 Å². The highest BCUT2D eigenvalue weighted by molar-refractivity contribution is 6.05. The summed E-state index contributed by atoms with van der Waals surface area (Å²) in [6, 6.07) is 4.54. The van der Waals surface area contributed by atoms with Gasteiger partial charge in [-0.2, -0.15) is 0 Å². The van der Waals surface area contributed by atoms with Crippen molar-refractivity contribution in [3.8, 4) is 5.75 Å². The van der Waals surface area contributed by atoms with E-state index in [1.54, 1.807) is 6.07 Å². The molecule has 3 aliphatic rings. The summed E-state index contributed by atoms with van der Waals surface area (Å²) in [4.78, 5) is 30.7. The second-order valence-corrected chi connectivity index (χ2v) is 9.69. The number of piperazine rings is 1. The fraction of sp³-hybridized carbons (Fsp3) is 0.667. The lowest BCUT2D eigenvalue weighted by Gasteiger charge is -2.37. The minimum absolute atomic E-state index is 0.0166. The molecule has 2 N–H and O–H groups in total. The highest BCUT2D eigenvalue weighted by Gasteiger charge is 2.50. The largest absolute Gasteiger partial charge is 0.489 e. The number of halogens is 1. The number of hydrogen-bond acceptors (Lipinski definition) is 7. The molecule has 0 spiro atoms. The topological polar surface area (TPSA) is 93.6 Å². The van der Waals surface area contributed by atoms with E-state index in [4.69, 9.17) is 4.74 Å². The summed E-state index contributed by atoms with van der Waals surface area (Å²) in [5.41, 5.74) is 0.724. The van der Waals surface area contributed by atoms with Crippen molar-refractivity contribution >= 4 is 17.5 Å². The van der Waals surface area contributed by atoms with Crippen LogP contribution >= 0.6 is 0 Å². The fourth-order valence-electron chi connectivity index (χ4n) is 5.23. The first-order valence-corrected chi connectivity index (χ1v) is 11.9. The van der Waals surface area contributed by atoms with E-state index in [0.717, 1.165) is 5.69 Å². The third-order valence-electron chi connectivity index (χ3n) is 6.85. The molecule has 1 aromatic carbocycles. The molecule has 2 aliphatic heterocycles. The standard InChI is InChI=1S/C24H34FN3O5/c1-15(2)33-22-6-3-16(25)11-21(22)27-9-7-26(8-10-27)13-18(30)14-28-23(31)19-5-4-17(29)12-20(19)24(28)32/h3,6,11,15,17-20,29-30H,4-5,7-10,12-14H2,1-2H3. The first-order chi connectivity index (χ1) is 15.7. The summed E-state index contributed by atoms with van der Waals surface area (Å²) in [5, 5.41) is 20.5. The molecule has 4 unspecified atom stereocenters. The lowest BCUT2D eigenvalue weighted by Crippen LogP contribution is -2.50. The summed E-state index contributed by atoms with van der Waals surface area (Å²) in [7, 11) is 0. The Kier molecular flexibility index (Phi) is 7.21. The number of β-amino-alcohol motifs (C(OH)–C–C–N with tert-alkyl or cyclic N) is 1. The van der Waals surface area contributed by atoms with Gasteiger partial charge in [-0.05, 0) is 45.2 Å². The maximum Gasteiger partial charge on any atom is 0.233 e. The van der Waals surface area contributed by atoms with Crippen LogP contribution in [-0.4, -0.2) is 89.4 Å². The minimum Gasteiger partial charge on any atom is -0.489 e. The van der Waals surface area contributed by atoms with Gasteiger partial charge < -0.3 is 19.8 Å². The average molecular weight is 464 g/mol. The van der Waals surface area contributed by atoms with E-state index in [1.165, 1.54) is 17.0 Å². The molecule has 0 aromatic heterocycles. The Morgan fingerprint density at radius 2 is 1.76 bits per heavy atom. The lowest BCUT2D eigenvalue weighted by molar-refractivity contribution is -0.141. The zero-order valence-corrected chi connectivity index (χ0v) is 19.3. The maximum absolute atomic E-state index is 13.9. The molecule has 1 aliphatic carbocycles. The lowest BCUT2D eigenvalue weighted by atomic mass is 9.80. The van der Waals surface area contributed by atoms with Gasteiger partial charge in [0.2, 0.25) is 11.8 Å². The van der Waals surface area contributed by atoms with E-state index in [2.05, 4.69) is 9.80 Å². The van der Waals surface area contributed by atoms with Crippen LogP contribution in [0.4, 0.5) is 10.1 Å². The number of hydrogen-bond donors (Lipinski definition) is 2. The number of imide groups is 1. The number of fused-ring (bicyclic) bond motifs is 1. The smallest absolute Gasteiger partial charge is 0.233 e. The Hall–Kier alpha value is -2.23. The van der Waals surface area contributed by atoms with E-state index in [1.807, 2.05) is 13.8 Å². The Balaban J connectivity index is 1.30. The van der Waals surface area contributed by atoms with Crippen LogP contribution in [-0.2, 0) is 9.59 Å². The van der Waals surface area contributed by atoms with Gasteiger partial charge in [-0.15, -0.1) is 0 Å². The molecule has 2 saturated heterocycles. The predicted molar refractivity (Wildman–Crippen MR) is 120 cm³/mol. The molecule has 1 saturated carbocycles. The predicted octanol–water partition coefficient (Wildman–Crippen LogP) is 1.24. The maximum atomic E-state index is 13.9. The number of benzene rings is 1. The first-order valence-electron chi connectivity index (χ1n) is 11.9. The van der Waals surface area contributed by atoms with Gasteiger partial charge in [0.1, 0.15) is 11.6 Å². The van der Waals surface area contributed by atoms with Crippen molar-refractivity contribution in [1.29, 1.82) is 0 Å². The molecule has 33 heavy (non-hydrogen) atoms. The van der Waals surface area contributed by atoms with Crippen LogP contribution in [0.5, 0.6) is 5.75 Å². The van der Waals surface area contributed by atoms with E-state index in [-0.39, 0.29) is 36.2 Å². The van der Waals surface area contributed by atoms with E-state index in [0.29, 0.717) is 57.7 Å². The fourth-order valence-corrected chi connectivity index (χ4v) is 5.23. The summed E-state index contributed by atoms with van der Waals surface area (Å²) < 4.78 is 19.7. The molecule has 2 amide bonds. The number of carbonyl (C=O) groups is 2. The van der Waals surface area contributed by atoms with Crippen LogP contribution in [0.15, 0.2) is 18.2 Å². The summed E-state index contributed by atoms with van der Waals surface area (Å²) in [5.74, 6) is -0.957. The van der Waals surface area contributed by atoms with Gasteiger partial charge in [-0.1, -0.05) is 0 Å². The number of aliphatic hydroxyl groups is 2. The number of ether oxygens (including phenoxy) is 1. The highest BCUT2D eigenvalue weighted by atomic mass is 19.1. The van der Waals surface area contributed by atoms with Crippen molar-refractivity contribution in [2.45, 2.75) is 51.4 Å². The molecule has 8 nitrogen and oxygen atoms in total. The van der Waals surface area contributed by atoms with E-state index >= 15 is 0 Å². The van der Waals surface area contributed by atoms with Gasteiger partial charge in [0.25, 0.3) is 0 Å². The van der Waals surface area contributed by atoms with Gasteiger partial charge >= 0.3 is 0 Å². The highest BCUT2D eigenvalue weighted by Crippen LogP contribution is 2.38. The third kappa shape index (κ3) is 5.31. The molecule has 9 heteroatoms. The normalized spacial score (nSPS) is 27.3. The molecule has 2 heterocycles. The molecular formula is C24H34FN3O5. The monoisotopic (exact) mass is 463 g/mol. The van der Waals surface area contributed by atoms with Crippen LogP contribution in [0, 0.1) is 17.7 Å².